The lowest BCUT2D eigenvalue weighted by molar-refractivity contribution is 0.0180. The molecule has 96 valence electrons. The maximum absolute atomic E-state index is 6.38. The van der Waals surface area contributed by atoms with Gasteiger partial charge in [0.15, 0.2) is 0 Å². The van der Waals surface area contributed by atoms with Gasteiger partial charge >= 0.3 is 0 Å². The van der Waals surface area contributed by atoms with Crippen LogP contribution in [0, 0.1) is 11.8 Å². The van der Waals surface area contributed by atoms with E-state index >= 15 is 0 Å². The van der Waals surface area contributed by atoms with Crippen molar-refractivity contribution in [2.75, 3.05) is 6.61 Å². The van der Waals surface area contributed by atoms with Gasteiger partial charge in [0.05, 0.1) is 6.61 Å². The predicted octanol–water partition coefficient (Wildman–Crippen LogP) is 4.21. The Balaban J connectivity index is 2.07. The minimum Gasteiger partial charge on any atom is -0.365 e. The van der Waals surface area contributed by atoms with Gasteiger partial charge in [-0.25, -0.2) is 0 Å². The lowest BCUT2D eigenvalue weighted by Crippen LogP contribution is -2.31. The fraction of sp³-hybridized carbons (Fsp3) is 0.333. The second-order valence-corrected chi connectivity index (χ2v) is 5.90. The Labute approximate surface area is 114 Å². The van der Waals surface area contributed by atoms with Crippen LogP contribution in [0.3, 0.4) is 0 Å². The van der Waals surface area contributed by atoms with E-state index in [1.54, 1.807) is 0 Å². The van der Waals surface area contributed by atoms with Gasteiger partial charge in [-0.2, -0.15) is 0 Å². The fourth-order valence-electron chi connectivity index (χ4n) is 3.81. The van der Waals surface area contributed by atoms with Gasteiger partial charge in [0, 0.05) is 0 Å². The largest absolute Gasteiger partial charge is 0.365 e. The first-order chi connectivity index (χ1) is 9.25. The summed E-state index contributed by atoms with van der Waals surface area (Å²) in [6.45, 7) is 5.48. The highest BCUT2D eigenvalue weighted by atomic mass is 16.5. The van der Waals surface area contributed by atoms with E-state index in [0.29, 0.717) is 11.8 Å². The molecular weight excluding hydrogens is 232 g/mol. The molecule has 1 aliphatic carbocycles. The molecule has 19 heavy (non-hydrogen) atoms. The SMILES string of the molecule is CC1COC2(c3ccccc3-c3ccccc32)C1C. The zero-order valence-corrected chi connectivity index (χ0v) is 11.4. The van der Waals surface area contributed by atoms with E-state index in [1.165, 1.54) is 22.3 Å². The Hall–Kier alpha value is -1.60. The summed E-state index contributed by atoms with van der Waals surface area (Å²) in [5.74, 6) is 1.11. The molecule has 1 aliphatic heterocycles. The van der Waals surface area contributed by atoms with Gasteiger partial charge in [0.1, 0.15) is 5.60 Å². The van der Waals surface area contributed by atoms with Crippen molar-refractivity contribution in [1.29, 1.82) is 0 Å². The molecule has 1 saturated heterocycles. The van der Waals surface area contributed by atoms with Gasteiger partial charge in [-0.15, -0.1) is 0 Å². The monoisotopic (exact) mass is 250 g/mol. The highest BCUT2D eigenvalue weighted by molar-refractivity contribution is 5.80. The van der Waals surface area contributed by atoms with Crippen molar-refractivity contribution in [1.82, 2.24) is 0 Å². The van der Waals surface area contributed by atoms with Crippen molar-refractivity contribution in [3.05, 3.63) is 59.7 Å². The summed E-state index contributed by atoms with van der Waals surface area (Å²) >= 11 is 0. The van der Waals surface area contributed by atoms with Crippen LogP contribution in [0.2, 0.25) is 0 Å². The average molecular weight is 250 g/mol. The molecule has 2 atom stereocenters. The molecule has 1 heterocycles. The maximum Gasteiger partial charge on any atom is 0.122 e. The van der Waals surface area contributed by atoms with Crippen molar-refractivity contribution >= 4 is 0 Å². The molecule has 0 saturated carbocycles. The fourth-order valence-corrected chi connectivity index (χ4v) is 3.81. The van der Waals surface area contributed by atoms with E-state index in [9.17, 15) is 0 Å². The third-order valence-corrected chi connectivity index (χ3v) is 5.01. The van der Waals surface area contributed by atoms with E-state index < -0.39 is 0 Å². The standard InChI is InChI=1S/C18H18O/c1-12-11-19-18(13(12)2)16-9-5-3-7-14(16)15-8-4-6-10-17(15)18/h3-10,12-13H,11H2,1-2H3. The minimum absolute atomic E-state index is 0.216. The zero-order chi connectivity index (χ0) is 13.0. The first-order valence-corrected chi connectivity index (χ1v) is 7.08. The molecule has 4 rings (SSSR count). The molecular formula is C18H18O. The summed E-state index contributed by atoms with van der Waals surface area (Å²) in [5.41, 5.74) is 5.19. The average Bonchev–Trinajstić information content (AvgIpc) is 2.92. The Kier molecular flexibility index (Phi) is 2.19. The molecule has 0 radical (unpaired) electrons. The lowest BCUT2D eigenvalue weighted by Gasteiger charge is -2.31. The second kappa shape index (κ2) is 3.71. The van der Waals surface area contributed by atoms with Crippen LogP contribution in [-0.2, 0) is 10.3 Å². The molecule has 0 amide bonds. The first kappa shape index (κ1) is 11.2. The third kappa shape index (κ3) is 1.24. The Morgan fingerprint density at radius 3 is 1.89 bits per heavy atom. The highest BCUT2D eigenvalue weighted by Gasteiger charge is 2.53. The summed E-state index contributed by atoms with van der Waals surface area (Å²) in [7, 11) is 0. The van der Waals surface area contributed by atoms with Crippen molar-refractivity contribution in [3.63, 3.8) is 0 Å². The van der Waals surface area contributed by atoms with Crippen molar-refractivity contribution in [2.24, 2.45) is 11.8 Å². The van der Waals surface area contributed by atoms with Crippen LogP contribution in [0.4, 0.5) is 0 Å². The number of benzene rings is 2. The van der Waals surface area contributed by atoms with Gasteiger partial charge in [-0.3, -0.25) is 0 Å². The van der Waals surface area contributed by atoms with E-state index in [1.807, 2.05) is 0 Å². The van der Waals surface area contributed by atoms with E-state index in [-0.39, 0.29) is 5.60 Å². The van der Waals surface area contributed by atoms with Gasteiger partial charge in [0.2, 0.25) is 0 Å². The van der Waals surface area contributed by atoms with Crippen LogP contribution in [0.1, 0.15) is 25.0 Å². The number of rotatable bonds is 0. The number of hydrogen-bond acceptors (Lipinski definition) is 1. The number of ether oxygens (including phenoxy) is 1. The van der Waals surface area contributed by atoms with E-state index in [2.05, 4.69) is 62.4 Å². The van der Waals surface area contributed by atoms with Crippen LogP contribution in [0.15, 0.2) is 48.5 Å². The van der Waals surface area contributed by atoms with Crippen LogP contribution < -0.4 is 0 Å². The third-order valence-electron chi connectivity index (χ3n) is 5.01. The molecule has 2 aliphatic rings. The maximum atomic E-state index is 6.38. The zero-order valence-electron chi connectivity index (χ0n) is 11.4. The topological polar surface area (TPSA) is 9.23 Å². The van der Waals surface area contributed by atoms with E-state index in [0.717, 1.165) is 6.61 Å². The summed E-state index contributed by atoms with van der Waals surface area (Å²) in [5, 5.41) is 0. The van der Waals surface area contributed by atoms with Crippen molar-refractivity contribution in [2.45, 2.75) is 19.4 Å². The molecule has 1 heteroatoms. The summed E-state index contributed by atoms with van der Waals surface area (Å²) in [6.07, 6.45) is 0. The highest BCUT2D eigenvalue weighted by Crippen LogP contribution is 2.57. The molecule has 1 nitrogen and oxygen atoms in total. The molecule has 1 fully saturated rings. The smallest absolute Gasteiger partial charge is 0.122 e. The molecule has 2 unspecified atom stereocenters. The molecule has 0 bridgehead atoms. The second-order valence-electron chi connectivity index (χ2n) is 5.90. The summed E-state index contributed by atoms with van der Waals surface area (Å²) in [6, 6.07) is 17.4. The Bertz CT molecular complexity index is 598. The lowest BCUT2D eigenvalue weighted by atomic mass is 9.77. The van der Waals surface area contributed by atoms with Gasteiger partial charge in [-0.05, 0) is 34.1 Å². The molecule has 0 N–H and O–H groups in total. The molecule has 2 aromatic rings. The summed E-state index contributed by atoms with van der Waals surface area (Å²) in [4.78, 5) is 0. The summed E-state index contributed by atoms with van der Waals surface area (Å²) < 4.78 is 6.38. The first-order valence-electron chi connectivity index (χ1n) is 7.08. The van der Waals surface area contributed by atoms with E-state index in [4.69, 9.17) is 4.74 Å². The van der Waals surface area contributed by atoms with Gasteiger partial charge in [0.25, 0.3) is 0 Å². The normalized spacial score (nSPS) is 26.4. The van der Waals surface area contributed by atoms with Crippen LogP contribution >= 0.6 is 0 Å². The predicted molar refractivity (Wildman–Crippen MR) is 76.9 cm³/mol. The van der Waals surface area contributed by atoms with Crippen LogP contribution in [0.25, 0.3) is 11.1 Å². The molecule has 1 spiro atoms. The molecule has 0 aromatic heterocycles. The van der Waals surface area contributed by atoms with Crippen LogP contribution in [0.5, 0.6) is 0 Å². The van der Waals surface area contributed by atoms with Crippen molar-refractivity contribution in [3.8, 4) is 11.1 Å². The minimum atomic E-state index is -0.216. The van der Waals surface area contributed by atoms with Crippen LogP contribution in [-0.4, -0.2) is 6.61 Å². The van der Waals surface area contributed by atoms with Crippen molar-refractivity contribution < 1.29 is 4.74 Å². The number of hydrogen-bond donors (Lipinski definition) is 0. The van der Waals surface area contributed by atoms with Gasteiger partial charge < -0.3 is 4.74 Å². The quantitative estimate of drug-likeness (QED) is 0.680. The molecule has 2 aromatic carbocycles. The Morgan fingerprint density at radius 1 is 0.895 bits per heavy atom. The van der Waals surface area contributed by atoms with Gasteiger partial charge in [-0.1, -0.05) is 62.4 Å². The number of fused-ring (bicyclic) bond motifs is 5. The Morgan fingerprint density at radius 2 is 1.42 bits per heavy atom.